The maximum Gasteiger partial charge on any atom is 0.416 e. The number of nitrogens with zero attached hydrogens (tertiary/aromatic N) is 1. The van der Waals surface area contributed by atoms with Crippen molar-refractivity contribution in [2.24, 2.45) is 5.73 Å². The number of hydrogen-bond donors (Lipinski definition) is 2. The molecule has 0 bridgehead atoms. The minimum absolute atomic E-state index is 0.0426. The summed E-state index contributed by atoms with van der Waals surface area (Å²) in [6, 6.07) is 13.0. The SMILES string of the molecule is CN(CC(O)COc1ccc(C(F)(F)F)cc1)C(=O)C(C)(N)c1ccccc1. The molecule has 0 aliphatic heterocycles. The van der Waals surface area contributed by atoms with Crippen molar-refractivity contribution in [2.75, 3.05) is 20.2 Å². The first-order valence-corrected chi connectivity index (χ1v) is 8.60. The molecule has 2 aromatic carbocycles. The highest BCUT2D eigenvalue weighted by atomic mass is 19.4. The fourth-order valence-corrected chi connectivity index (χ4v) is 2.69. The van der Waals surface area contributed by atoms with E-state index in [9.17, 15) is 23.1 Å². The van der Waals surface area contributed by atoms with E-state index in [-0.39, 0.29) is 24.8 Å². The number of ether oxygens (including phenoxy) is 1. The molecule has 152 valence electrons. The van der Waals surface area contributed by atoms with Crippen molar-refractivity contribution >= 4 is 5.91 Å². The normalized spacial score (nSPS) is 14.8. The second kappa shape index (κ2) is 8.62. The van der Waals surface area contributed by atoms with Crippen molar-refractivity contribution in [3.05, 3.63) is 65.7 Å². The van der Waals surface area contributed by atoms with E-state index in [0.29, 0.717) is 5.56 Å². The summed E-state index contributed by atoms with van der Waals surface area (Å²) in [5.74, 6) is -0.193. The Labute approximate surface area is 161 Å². The largest absolute Gasteiger partial charge is 0.491 e. The van der Waals surface area contributed by atoms with Gasteiger partial charge in [-0.2, -0.15) is 13.2 Å². The van der Waals surface area contributed by atoms with E-state index >= 15 is 0 Å². The molecule has 0 saturated heterocycles. The van der Waals surface area contributed by atoms with E-state index < -0.39 is 23.4 Å². The fourth-order valence-electron chi connectivity index (χ4n) is 2.69. The number of rotatable bonds is 7. The number of alkyl halides is 3. The Morgan fingerprint density at radius 3 is 2.21 bits per heavy atom. The summed E-state index contributed by atoms with van der Waals surface area (Å²) in [4.78, 5) is 13.9. The number of hydrogen-bond acceptors (Lipinski definition) is 4. The lowest BCUT2D eigenvalue weighted by Crippen LogP contribution is -2.51. The standard InChI is InChI=1S/C20H23F3N2O3/c1-19(24,14-6-4-3-5-7-14)18(27)25(2)12-16(26)13-28-17-10-8-15(9-11-17)20(21,22)23/h3-11,16,26H,12-13,24H2,1-2H3. The lowest BCUT2D eigenvalue weighted by molar-refractivity contribution is -0.137. The lowest BCUT2D eigenvalue weighted by atomic mass is 9.91. The Balaban J connectivity index is 1.90. The van der Waals surface area contributed by atoms with Gasteiger partial charge in [-0.05, 0) is 36.8 Å². The van der Waals surface area contributed by atoms with E-state index in [4.69, 9.17) is 10.5 Å². The van der Waals surface area contributed by atoms with Gasteiger partial charge >= 0.3 is 6.18 Å². The second-order valence-electron chi connectivity index (χ2n) is 6.74. The van der Waals surface area contributed by atoms with Crippen LogP contribution < -0.4 is 10.5 Å². The van der Waals surface area contributed by atoms with Crippen LogP contribution in [-0.4, -0.2) is 42.2 Å². The molecule has 2 atom stereocenters. The van der Waals surface area contributed by atoms with Gasteiger partial charge in [0, 0.05) is 13.6 Å². The monoisotopic (exact) mass is 396 g/mol. The smallest absolute Gasteiger partial charge is 0.416 e. The molecule has 28 heavy (non-hydrogen) atoms. The molecular weight excluding hydrogens is 373 g/mol. The zero-order valence-electron chi connectivity index (χ0n) is 15.6. The summed E-state index contributed by atoms with van der Waals surface area (Å²) in [5, 5.41) is 10.1. The Hall–Kier alpha value is -2.58. The highest BCUT2D eigenvalue weighted by Crippen LogP contribution is 2.30. The quantitative estimate of drug-likeness (QED) is 0.755. The number of carbonyl (C=O) groups is 1. The summed E-state index contributed by atoms with van der Waals surface area (Å²) in [5.41, 5.74) is 4.77. The molecule has 2 aromatic rings. The second-order valence-corrected chi connectivity index (χ2v) is 6.74. The summed E-state index contributed by atoms with van der Waals surface area (Å²) >= 11 is 0. The number of aliphatic hydroxyl groups excluding tert-OH is 1. The fraction of sp³-hybridized carbons (Fsp3) is 0.350. The molecule has 0 aromatic heterocycles. The van der Waals surface area contributed by atoms with Gasteiger partial charge in [-0.1, -0.05) is 30.3 Å². The minimum Gasteiger partial charge on any atom is -0.491 e. The van der Waals surface area contributed by atoms with E-state index in [1.807, 2.05) is 6.07 Å². The van der Waals surface area contributed by atoms with Crippen LogP contribution in [0.15, 0.2) is 54.6 Å². The van der Waals surface area contributed by atoms with Gasteiger partial charge in [0.25, 0.3) is 0 Å². The predicted octanol–water partition coefficient (Wildman–Crippen LogP) is 2.78. The summed E-state index contributed by atoms with van der Waals surface area (Å²) in [6.07, 6.45) is -5.46. The third kappa shape index (κ3) is 5.46. The first kappa shape index (κ1) is 21.7. The van der Waals surface area contributed by atoms with Crippen LogP contribution in [0.25, 0.3) is 0 Å². The van der Waals surface area contributed by atoms with E-state index in [1.54, 1.807) is 31.2 Å². The molecule has 1 amide bonds. The van der Waals surface area contributed by atoms with E-state index in [2.05, 4.69) is 0 Å². The molecule has 2 rings (SSSR count). The maximum atomic E-state index is 12.6. The Morgan fingerprint density at radius 2 is 1.68 bits per heavy atom. The number of halogens is 3. The first-order valence-electron chi connectivity index (χ1n) is 8.60. The van der Waals surface area contributed by atoms with Crippen LogP contribution in [0.5, 0.6) is 5.75 Å². The number of likely N-dealkylation sites (N-methyl/N-ethyl adjacent to an activating group) is 1. The summed E-state index contributed by atoms with van der Waals surface area (Å²) in [6.45, 7) is 1.36. The highest BCUT2D eigenvalue weighted by molar-refractivity contribution is 5.86. The lowest BCUT2D eigenvalue weighted by Gasteiger charge is -2.30. The third-order valence-electron chi connectivity index (χ3n) is 4.27. The summed E-state index contributed by atoms with van der Waals surface area (Å²) < 4.78 is 42.9. The molecule has 0 saturated carbocycles. The predicted molar refractivity (Wildman–Crippen MR) is 98.6 cm³/mol. The molecule has 0 radical (unpaired) electrons. The minimum atomic E-state index is -4.42. The van der Waals surface area contributed by atoms with Gasteiger partial charge in [0.15, 0.2) is 0 Å². The van der Waals surface area contributed by atoms with Gasteiger partial charge in [-0.3, -0.25) is 4.79 Å². The summed E-state index contributed by atoms with van der Waals surface area (Å²) in [7, 11) is 1.51. The van der Waals surface area contributed by atoms with Crippen molar-refractivity contribution in [2.45, 2.75) is 24.7 Å². The van der Waals surface area contributed by atoms with Crippen LogP contribution in [0.2, 0.25) is 0 Å². The maximum absolute atomic E-state index is 12.6. The van der Waals surface area contributed by atoms with Crippen molar-refractivity contribution < 1.29 is 27.8 Å². The number of nitrogens with two attached hydrogens (primary N) is 1. The molecule has 0 spiro atoms. The van der Waals surface area contributed by atoms with Crippen LogP contribution in [0.1, 0.15) is 18.1 Å². The number of benzene rings is 2. The zero-order chi connectivity index (χ0) is 20.9. The van der Waals surface area contributed by atoms with Gasteiger partial charge in [0.1, 0.15) is 24.0 Å². The van der Waals surface area contributed by atoms with E-state index in [1.165, 1.54) is 24.1 Å². The van der Waals surface area contributed by atoms with Crippen LogP contribution in [0.3, 0.4) is 0 Å². The van der Waals surface area contributed by atoms with Gasteiger partial charge in [0.05, 0.1) is 5.56 Å². The topological polar surface area (TPSA) is 75.8 Å². The van der Waals surface area contributed by atoms with Gasteiger partial charge in [-0.15, -0.1) is 0 Å². The zero-order valence-corrected chi connectivity index (χ0v) is 15.6. The molecule has 8 heteroatoms. The number of aliphatic hydroxyl groups is 1. The van der Waals surface area contributed by atoms with Crippen molar-refractivity contribution in [3.63, 3.8) is 0 Å². The van der Waals surface area contributed by atoms with Crippen LogP contribution >= 0.6 is 0 Å². The van der Waals surface area contributed by atoms with Crippen LogP contribution in [0, 0.1) is 0 Å². The van der Waals surface area contributed by atoms with Gasteiger partial charge in [-0.25, -0.2) is 0 Å². The molecule has 2 unspecified atom stereocenters. The van der Waals surface area contributed by atoms with Crippen LogP contribution in [0.4, 0.5) is 13.2 Å². The molecule has 0 aliphatic carbocycles. The number of carbonyl (C=O) groups excluding carboxylic acids is 1. The Morgan fingerprint density at radius 1 is 1.11 bits per heavy atom. The Bertz CT molecular complexity index is 778. The molecule has 0 aliphatic rings. The van der Waals surface area contributed by atoms with Gasteiger partial charge < -0.3 is 20.5 Å². The third-order valence-corrected chi connectivity index (χ3v) is 4.27. The average Bonchev–Trinajstić information content (AvgIpc) is 2.66. The molecule has 0 heterocycles. The molecule has 5 nitrogen and oxygen atoms in total. The van der Waals surface area contributed by atoms with Crippen molar-refractivity contribution in [3.8, 4) is 5.75 Å². The van der Waals surface area contributed by atoms with Crippen molar-refractivity contribution in [1.29, 1.82) is 0 Å². The Kier molecular flexibility index (Phi) is 6.69. The first-order chi connectivity index (χ1) is 13.0. The molecular formula is C20H23F3N2O3. The van der Waals surface area contributed by atoms with Crippen molar-refractivity contribution in [1.82, 2.24) is 4.90 Å². The van der Waals surface area contributed by atoms with Gasteiger partial charge in [0.2, 0.25) is 5.91 Å². The molecule has 3 N–H and O–H groups in total. The number of amides is 1. The average molecular weight is 396 g/mol. The van der Waals surface area contributed by atoms with E-state index in [0.717, 1.165) is 12.1 Å². The van der Waals surface area contributed by atoms with Crippen LogP contribution in [-0.2, 0) is 16.5 Å². The molecule has 0 fully saturated rings. The highest BCUT2D eigenvalue weighted by Gasteiger charge is 2.33.